The van der Waals surface area contributed by atoms with Crippen LogP contribution >= 0.6 is 15.9 Å². The third-order valence-corrected chi connectivity index (χ3v) is 4.51. The Morgan fingerprint density at radius 3 is 2.71 bits per heavy atom. The van der Waals surface area contributed by atoms with Crippen molar-refractivity contribution in [1.29, 1.82) is 0 Å². The van der Waals surface area contributed by atoms with Crippen LogP contribution in [0.4, 0.5) is 5.69 Å². The second kappa shape index (κ2) is 7.68. The average Bonchev–Trinajstić information content (AvgIpc) is 3.04. The summed E-state index contributed by atoms with van der Waals surface area (Å²) in [6.07, 6.45) is 0.957. The van der Waals surface area contributed by atoms with Gasteiger partial charge in [-0.1, -0.05) is 35.0 Å². The maximum absolute atomic E-state index is 12.2. The molecule has 2 aromatic carbocycles. The second-order valence-electron chi connectivity index (χ2n) is 5.62. The molecule has 0 aliphatic carbocycles. The molecule has 24 heavy (non-hydrogen) atoms. The summed E-state index contributed by atoms with van der Waals surface area (Å²) < 4.78 is 11.6. The lowest BCUT2D eigenvalue weighted by atomic mass is 10.0. The zero-order chi connectivity index (χ0) is 16.9. The minimum atomic E-state index is -0.0376. The molecule has 1 heterocycles. The van der Waals surface area contributed by atoms with Gasteiger partial charge >= 0.3 is 0 Å². The molecule has 0 fully saturated rings. The van der Waals surface area contributed by atoms with Crippen molar-refractivity contribution in [2.24, 2.45) is 0 Å². The largest absolute Gasteiger partial charge is 0.454 e. The topological polar surface area (TPSA) is 64.2 Å². The van der Waals surface area contributed by atoms with Crippen LogP contribution in [0.15, 0.2) is 46.9 Å². The van der Waals surface area contributed by atoms with Crippen molar-refractivity contribution >= 4 is 27.5 Å². The summed E-state index contributed by atoms with van der Waals surface area (Å²) in [5.74, 6) is 1.34. The molecule has 0 bridgehead atoms. The van der Waals surface area contributed by atoms with Crippen molar-refractivity contribution in [2.45, 2.75) is 19.4 Å². The number of amides is 1. The van der Waals surface area contributed by atoms with E-state index in [2.05, 4.69) is 45.6 Å². The molecule has 6 heteroatoms. The number of nitrogens with one attached hydrogen (secondary N) is 1. The van der Waals surface area contributed by atoms with Crippen molar-refractivity contribution in [3.63, 3.8) is 0 Å². The van der Waals surface area contributed by atoms with E-state index in [4.69, 9.17) is 9.47 Å². The van der Waals surface area contributed by atoms with E-state index in [1.54, 1.807) is 12.1 Å². The molecule has 0 spiro atoms. The summed E-state index contributed by atoms with van der Waals surface area (Å²) in [6.45, 7) is 2.72. The molecule has 2 aromatic rings. The molecular weight excluding hydrogens is 372 g/mol. The number of hydrogen-bond acceptors (Lipinski definition) is 3. The fraction of sp³-hybridized carbons (Fsp3) is 0.278. The van der Waals surface area contributed by atoms with Crippen LogP contribution in [-0.2, 0) is 4.79 Å². The lowest BCUT2D eigenvalue weighted by Gasteiger charge is -2.14. The van der Waals surface area contributed by atoms with Gasteiger partial charge in [-0.25, -0.2) is 0 Å². The number of hydrogen-bond donors (Lipinski definition) is 2. The molecule has 1 amide bonds. The van der Waals surface area contributed by atoms with Crippen LogP contribution in [0.1, 0.15) is 24.9 Å². The van der Waals surface area contributed by atoms with E-state index < -0.39 is 0 Å². The van der Waals surface area contributed by atoms with Gasteiger partial charge in [-0.05, 0) is 24.3 Å². The summed E-state index contributed by atoms with van der Waals surface area (Å²) in [7, 11) is 0. The van der Waals surface area contributed by atoms with Crippen LogP contribution in [0.5, 0.6) is 11.5 Å². The van der Waals surface area contributed by atoms with E-state index in [-0.39, 0.29) is 18.7 Å². The molecule has 5 nitrogen and oxygen atoms in total. The molecular formula is C18H20BrN2O3+. The molecule has 0 aromatic heterocycles. The Morgan fingerprint density at radius 2 is 1.96 bits per heavy atom. The van der Waals surface area contributed by atoms with Crippen molar-refractivity contribution in [2.75, 3.05) is 18.7 Å². The minimum absolute atomic E-state index is 0.0376. The van der Waals surface area contributed by atoms with Gasteiger partial charge in [0.1, 0.15) is 6.04 Å². The number of carbonyl (C=O) groups is 1. The van der Waals surface area contributed by atoms with Crippen molar-refractivity contribution in [1.82, 2.24) is 0 Å². The molecule has 126 valence electrons. The smallest absolute Gasteiger partial charge is 0.279 e. The number of carbonyl (C=O) groups excluding carboxylic acids is 1. The summed E-state index contributed by atoms with van der Waals surface area (Å²) in [5.41, 5.74) is 1.94. The van der Waals surface area contributed by atoms with Gasteiger partial charge in [-0.3, -0.25) is 4.79 Å². The van der Waals surface area contributed by atoms with Crippen LogP contribution in [-0.4, -0.2) is 19.2 Å². The van der Waals surface area contributed by atoms with E-state index in [0.717, 1.165) is 10.9 Å². The Kier molecular flexibility index (Phi) is 5.37. The van der Waals surface area contributed by atoms with E-state index in [9.17, 15) is 4.79 Å². The number of quaternary nitrogens is 1. The maximum atomic E-state index is 12.2. The summed E-state index contributed by atoms with van der Waals surface area (Å²) in [5, 5.41) is 4.96. The minimum Gasteiger partial charge on any atom is -0.454 e. The predicted octanol–water partition coefficient (Wildman–Crippen LogP) is 2.83. The van der Waals surface area contributed by atoms with Crippen LogP contribution in [0, 0.1) is 0 Å². The number of anilines is 1. The highest BCUT2D eigenvalue weighted by molar-refractivity contribution is 9.10. The number of nitrogens with two attached hydrogens (primary N) is 1. The summed E-state index contributed by atoms with van der Waals surface area (Å²) >= 11 is 3.44. The predicted molar refractivity (Wildman–Crippen MR) is 95.2 cm³/mol. The quantitative estimate of drug-likeness (QED) is 0.795. The number of rotatable bonds is 6. The van der Waals surface area contributed by atoms with Crippen molar-refractivity contribution < 1.29 is 19.6 Å². The standard InChI is InChI=1S/C18H19BrN2O3/c1-2-15(12-3-5-13(19)6-4-12)20-10-18(22)21-14-7-8-16-17(9-14)24-11-23-16/h3-9,15,20H,2,10-11H2,1H3,(H,21,22)/p+1/t15-/m1/s1. The SMILES string of the molecule is CC[C@@H]([NH2+]CC(=O)Nc1ccc2c(c1)OCO2)c1ccc(Br)cc1. The fourth-order valence-electron chi connectivity index (χ4n) is 2.68. The zero-order valence-corrected chi connectivity index (χ0v) is 15.0. The second-order valence-corrected chi connectivity index (χ2v) is 6.54. The lowest BCUT2D eigenvalue weighted by molar-refractivity contribution is -0.686. The normalized spacial score (nSPS) is 13.6. The Balaban J connectivity index is 1.55. The molecule has 1 aliphatic heterocycles. The Bertz CT molecular complexity index is 719. The number of ether oxygens (including phenoxy) is 2. The highest BCUT2D eigenvalue weighted by Gasteiger charge is 2.17. The molecule has 3 rings (SSSR count). The highest BCUT2D eigenvalue weighted by Crippen LogP contribution is 2.34. The number of fused-ring (bicyclic) bond motifs is 1. The maximum Gasteiger partial charge on any atom is 0.279 e. The first-order valence-electron chi connectivity index (χ1n) is 7.94. The molecule has 0 saturated carbocycles. The summed E-state index contributed by atoms with van der Waals surface area (Å²) in [4.78, 5) is 12.2. The van der Waals surface area contributed by atoms with Crippen LogP contribution in [0.25, 0.3) is 0 Å². The number of halogens is 1. The molecule has 1 aliphatic rings. The van der Waals surface area contributed by atoms with E-state index in [1.807, 2.05) is 18.2 Å². The lowest BCUT2D eigenvalue weighted by Crippen LogP contribution is -2.87. The first kappa shape index (κ1) is 16.8. The average molecular weight is 392 g/mol. The van der Waals surface area contributed by atoms with Crippen LogP contribution in [0.3, 0.4) is 0 Å². The van der Waals surface area contributed by atoms with Crippen molar-refractivity contribution in [3.8, 4) is 11.5 Å². The number of benzene rings is 2. The molecule has 0 radical (unpaired) electrons. The van der Waals surface area contributed by atoms with E-state index in [0.29, 0.717) is 23.7 Å². The molecule has 1 atom stereocenters. The Morgan fingerprint density at radius 1 is 1.21 bits per heavy atom. The molecule has 0 unspecified atom stereocenters. The van der Waals surface area contributed by atoms with Gasteiger partial charge in [0.15, 0.2) is 18.0 Å². The first-order valence-corrected chi connectivity index (χ1v) is 8.73. The van der Waals surface area contributed by atoms with Gasteiger partial charge in [-0.15, -0.1) is 0 Å². The van der Waals surface area contributed by atoms with Gasteiger partial charge in [0.25, 0.3) is 5.91 Å². The van der Waals surface area contributed by atoms with Gasteiger partial charge in [0.05, 0.1) is 0 Å². The van der Waals surface area contributed by atoms with Gasteiger partial charge < -0.3 is 20.1 Å². The Labute approximate surface area is 149 Å². The van der Waals surface area contributed by atoms with Gasteiger partial charge in [-0.2, -0.15) is 0 Å². The van der Waals surface area contributed by atoms with E-state index in [1.165, 1.54) is 5.56 Å². The van der Waals surface area contributed by atoms with Crippen LogP contribution in [0.2, 0.25) is 0 Å². The van der Waals surface area contributed by atoms with Crippen LogP contribution < -0.4 is 20.1 Å². The van der Waals surface area contributed by atoms with Crippen molar-refractivity contribution in [3.05, 3.63) is 52.5 Å². The van der Waals surface area contributed by atoms with Gasteiger partial charge in [0.2, 0.25) is 6.79 Å². The third kappa shape index (κ3) is 4.07. The van der Waals surface area contributed by atoms with Gasteiger partial charge in [0, 0.05) is 28.2 Å². The first-order chi connectivity index (χ1) is 11.7. The zero-order valence-electron chi connectivity index (χ0n) is 13.4. The molecule has 3 N–H and O–H groups in total. The fourth-order valence-corrected chi connectivity index (χ4v) is 2.95. The Hall–Kier alpha value is -2.05. The highest BCUT2D eigenvalue weighted by atomic mass is 79.9. The third-order valence-electron chi connectivity index (χ3n) is 3.98. The summed E-state index contributed by atoms with van der Waals surface area (Å²) in [6, 6.07) is 13.9. The van der Waals surface area contributed by atoms with E-state index >= 15 is 0 Å². The molecule has 0 saturated heterocycles. The monoisotopic (exact) mass is 391 g/mol.